The highest BCUT2D eigenvalue weighted by atomic mass is 32.2. The third-order valence-corrected chi connectivity index (χ3v) is 4.54. The number of benzene rings is 1. The van der Waals surface area contributed by atoms with E-state index in [9.17, 15) is 9.59 Å². The largest absolute Gasteiger partial charge is 0.463 e. The van der Waals surface area contributed by atoms with Crippen molar-refractivity contribution in [1.82, 2.24) is 0 Å². The van der Waals surface area contributed by atoms with Crippen molar-refractivity contribution in [1.29, 1.82) is 0 Å². The molecule has 0 spiro atoms. The first-order valence-corrected chi connectivity index (χ1v) is 8.96. The van der Waals surface area contributed by atoms with Crippen molar-refractivity contribution in [3.63, 3.8) is 0 Å². The van der Waals surface area contributed by atoms with Crippen LogP contribution in [0.1, 0.15) is 16.6 Å². The summed E-state index contributed by atoms with van der Waals surface area (Å²) in [7, 11) is 0. The Labute approximate surface area is 143 Å². The minimum Gasteiger partial charge on any atom is -0.463 e. The van der Waals surface area contributed by atoms with Crippen LogP contribution in [0.15, 0.2) is 58.8 Å². The Balaban J connectivity index is 1.87. The Kier molecular flexibility index (Phi) is 6.90. The average molecular weight is 347 g/mol. The van der Waals surface area contributed by atoms with Crippen molar-refractivity contribution in [3.05, 3.63) is 58.8 Å². The van der Waals surface area contributed by atoms with Crippen molar-refractivity contribution in [2.45, 2.75) is 11.8 Å². The standard InChI is InChI=1S/C17H17NO3S2/c1-2-21-16(19)9-5-10-22-14-7-3-6-13(12-14)18-17(20)15-8-4-11-23-15/h3-9,11-12H,2,10H2,1H3,(H,18,20)/b9-5+. The fourth-order valence-electron chi connectivity index (χ4n) is 1.74. The van der Waals surface area contributed by atoms with Gasteiger partial charge in [0.2, 0.25) is 0 Å². The summed E-state index contributed by atoms with van der Waals surface area (Å²) in [5.74, 6) is 0.218. The molecule has 0 atom stereocenters. The highest BCUT2D eigenvalue weighted by molar-refractivity contribution is 7.99. The zero-order chi connectivity index (χ0) is 16.5. The second kappa shape index (κ2) is 9.17. The predicted octanol–water partition coefficient (Wildman–Crippen LogP) is 4.21. The highest BCUT2D eigenvalue weighted by Crippen LogP contribution is 2.22. The molecule has 0 fully saturated rings. The first-order chi connectivity index (χ1) is 11.2. The first-order valence-electron chi connectivity index (χ1n) is 7.10. The van der Waals surface area contributed by atoms with Crippen molar-refractivity contribution in [2.75, 3.05) is 17.7 Å². The first kappa shape index (κ1) is 17.3. The molecule has 0 aliphatic heterocycles. The molecular weight excluding hydrogens is 330 g/mol. The second-order valence-corrected chi connectivity index (χ2v) is 6.47. The van der Waals surface area contributed by atoms with Crippen LogP contribution in [-0.2, 0) is 9.53 Å². The van der Waals surface area contributed by atoms with Gasteiger partial charge < -0.3 is 10.1 Å². The Morgan fingerprint density at radius 1 is 1.30 bits per heavy atom. The number of thioether (sulfide) groups is 1. The van der Waals surface area contributed by atoms with Gasteiger partial charge in [-0.05, 0) is 36.6 Å². The normalized spacial score (nSPS) is 10.7. The number of rotatable bonds is 7. The van der Waals surface area contributed by atoms with Gasteiger partial charge >= 0.3 is 5.97 Å². The number of hydrogen-bond donors (Lipinski definition) is 1. The van der Waals surface area contributed by atoms with Gasteiger partial charge in [-0.15, -0.1) is 23.1 Å². The smallest absolute Gasteiger partial charge is 0.330 e. The van der Waals surface area contributed by atoms with Crippen LogP contribution in [0.2, 0.25) is 0 Å². The maximum absolute atomic E-state index is 12.0. The van der Waals surface area contributed by atoms with Gasteiger partial charge in [0.1, 0.15) is 0 Å². The number of ether oxygens (including phenoxy) is 1. The number of thiophene rings is 1. The number of hydrogen-bond acceptors (Lipinski definition) is 5. The summed E-state index contributed by atoms with van der Waals surface area (Å²) in [6, 6.07) is 11.3. The molecule has 0 unspecified atom stereocenters. The van der Waals surface area contributed by atoms with Crippen LogP contribution in [-0.4, -0.2) is 24.2 Å². The maximum atomic E-state index is 12.0. The number of esters is 1. The summed E-state index contributed by atoms with van der Waals surface area (Å²) in [5.41, 5.74) is 0.753. The van der Waals surface area contributed by atoms with Crippen LogP contribution in [0.3, 0.4) is 0 Å². The van der Waals surface area contributed by atoms with E-state index in [1.807, 2.05) is 35.7 Å². The Morgan fingerprint density at radius 3 is 2.91 bits per heavy atom. The molecule has 1 aromatic heterocycles. The molecule has 2 aromatic rings. The van der Waals surface area contributed by atoms with Crippen molar-refractivity contribution >= 4 is 40.7 Å². The third-order valence-electron chi connectivity index (χ3n) is 2.72. The van der Waals surface area contributed by atoms with Gasteiger partial charge in [0.15, 0.2) is 0 Å². The van der Waals surface area contributed by atoms with Gasteiger partial charge in [0.05, 0.1) is 11.5 Å². The molecule has 0 saturated carbocycles. The lowest BCUT2D eigenvalue weighted by molar-refractivity contribution is -0.137. The van der Waals surface area contributed by atoms with Crippen LogP contribution in [0.5, 0.6) is 0 Å². The summed E-state index contributed by atoms with van der Waals surface area (Å²) in [6.45, 7) is 2.15. The molecule has 1 amide bonds. The molecule has 0 aliphatic carbocycles. The zero-order valence-corrected chi connectivity index (χ0v) is 14.3. The lowest BCUT2D eigenvalue weighted by Crippen LogP contribution is -2.09. The van der Waals surface area contributed by atoms with Crippen molar-refractivity contribution in [3.8, 4) is 0 Å². The van der Waals surface area contributed by atoms with E-state index in [1.165, 1.54) is 17.4 Å². The van der Waals surface area contributed by atoms with Gasteiger partial charge in [-0.25, -0.2) is 4.79 Å². The number of anilines is 1. The van der Waals surface area contributed by atoms with Gasteiger partial charge in [-0.1, -0.05) is 18.2 Å². The molecule has 6 heteroatoms. The number of carbonyl (C=O) groups is 2. The van der Waals surface area contributed by atoms with Gasteiger partial charge in [0.25, 0.3) is 5.91 Å². The Hall–Kier alpha value is -2.05. The number of nitrogens with one attached hydrogen (secondary N) is 1. The van der Waals surface area contributed by atoms with E-state index in [1.54, 1.807) is 30.8 Å². The van der Waals surface area contributed by atoms with E-state index in [-0.39, 0.29) is 11.9 Å². The van der Waals surface area contributed by atoms with Crippen LogP contribution < -0.4 is 5.32 Å². The minimum absolute atomic E-state index is 0.107. The van der Waals surface area contributed by atoms with Crippen LogP contribution in [0.25, 0.3) is 0 Å². The molecule has 120 valence electrons. The lowest BCUT2D eigenvalue weighted by Gasteiger charge is -2.05. The van der Waals surface area contributed by atoms with Crippen LogP contribution >= 0.6 is 23.1 Å². The topological polar surface area (TPSA) is 55.4 Å². The molecule has 0 aliphatic rings. The molecule has 1 heterocycles. The molecule has 0 saturated heterocycles. The number of carbonyl (C=O) groups excluding carboxylic acids is 2. The number of amides is 1. The molecule has 23 heavy (non-hydrogen) atoms. The summed E-state index contributed by atoms with van der Waals surface area (Å²) < 4.78 is 4.81. The van der Waals surface area contributed by atoms with Gasteiger partial charge in [0, 0.05) is 22.4 Å². The van der Waals surface area contributed by atoms with E-state index in [4.69, 9.17) is 4.74 Å². The molecule has 1 N–H and O–H groups in total. The van der Waals surface area contributed by atoms with Crippen LogP contribution in [0, 0.1) is 0 Å². The maximum Gasteiger partial charge on any atom is 0.330 e. The molecule has 2 rings (SSSR count). The highest BCUT2D eigenvalue weighted by Gasteiger charge is 2.06. The van der Waals surface area contributed by atoms with E-state index in [2.05, 4.69) is 5.32 Å². The van der Waals surface area contributed by atoms with E-state index in [0.717, 1.165) is 10.6 Å². The van der Waals surface area contributed by atoms with E-state index in [0.29, 0.717) is 17.2 Å². The molecule has 1 aromatic carbocycles. The SMILES string of the molecule is CCOC(=O)/C=C/CSc1cccc(NC(=O)c2cccs2)c1. The quantitative estimate of drug-likeness (QED) is 0.463. The Morgan fingerprint density at radius 2 is 2.17 bits per heavy atom. The predicted molar refractivity (Wildman–Crippen MR) is 95.2 cm³/mol. The second-order valence-electron chi connectivity index (χ2n) is 4.42. The van der Waals surface area contributed by atoms with E-state index < -0.39 is 0 Å². The van der Waals surface area contributed by atoms with Crippen LogP contribution in [0.4, 0.5) is 5.69 Å². The van der Waals surface area contributed by atoms with E-state index >= 15 is 0 Å². The fourth-order valence-corrected chi connectivity index (χ4v) is 3.13. The zero-order valence-electron chi connectivity index (χ0n) is 12.7. The molecule has 0 bridgehead atoms. The third kappa shape index (κ3) is 5.92. The van der Waals surface area contributed by atoms with Crippen molar-refractivity contribution < 1.29 is 14.3 Å². The van der Waals surface area contributed by atoms with Crippen molar-refractivity contribution in [2.24, 2.45) is 0 Å². The minimum atomic E-state index is -0.329. The molecule has 4 nitrogen and oxygen atoms in total. The van der Waals surface area contributed by atoms with Gasteiger partial charge in [-0.3, -0.25) is 4.79 Å². The summed E-state index contributed by atoms with van der Waals surface area (Å²) in [5, 5.41) is 4.75. The Bertz CT molecular complexity index is 681. The van der Waals surface area contributed by atoms with Gasteiger partial charge in [-0.2, -0.15) is 0 Å². The fraction of sp³-hybridized carbons (Fsp3) is 0.176. The molecule has 0 radical (unpaired) electrons. The summed E-state index contributed by atoms with van der Waals surface area (Å²) in [6.07, 6.45) is 3.19. The monoisotopic (exact) mass is 347 g/mol. The molecular formula is C17H17NO3S2. The summed E-state index contributed by atoms with van der Waals surface area (Å²) >= 11 is 2.98. The lowest BCUT2D eigenvalue weighted by atomic mass is 10.3. The average Bonchev–Trinajstić information content (AvgIpc) is 3.07. The summed E-state index contributed by atoms with van der Waals surface area (Å²) in [4.78, 5) is 24.9.